The Bertz CT molecular complexity index is 13.8. The van der Waals surface area contributed by atoms with E-state index in [9.17, 15) is 0 Å². The van der Waals surface area contributed by atoms with Crippen LogP contribution in [0.3, 0.4) is 0 Å². The Morgan fingerprint density at radius 3 is 0.600 bits per heavy atom. The van der Waals surface area contributed by atoms with Gasteiger partial charge in [0.2, 0.25) is 0 Å². The molecule has 0 amide bonds. The van der Waals surface area contributed by atoms with Gasteiger partial charge in [0, 0.05) is 0 Å². The Balaban J connectivity index is 0. The van der Waals surface area contributed by atoms with E-state index in [1.165, 1.54) is 0 Å². The van der Waals surface area contributed by atoms with Crippen LogP contribution in [0.5, 0.6) is 0 Å². The molecule has 0 saturated carbocycles. The first-order valence-corrected chi connectivity index (χ1v) is 0. The zero-order chi connectivity index (χ0) is 0. The summed E-state index contributed by atoms with van der Waals surface area (Å²) in [5, 5.41) is 0. The summed E-state index contributed by atoms with van der Waals surface area (Å²) < 4.78 is 0. The Morgan fingerprint density at radius 2 is 0.600 bits per heavy atom. The van der Waals surface area contributed by atoms with Crippen molar-refractivity contribution in [3.05, 3.63) is 0 Å². The summed E-state index contributed by atoms with van der Waals surface area (Å²) in [5.41, 5.74) is 0. The molecule has 0 heterocycles. The maximum atomic E-state index is 0. The molecule has 0 aliphatic heterocycles. The third-order valence-electron chi connectivity index (χ3n) is 0. The number of hydrogen-bond donors (Lipinski definition) is 0. The minimum Gasteiger partial charge on any atom is -1.00 e. The van der Waals surface area contributed by atoms with Gasteiger partial charge in [0.25, 0.3) is 0 Å². The van der Waals surface area contributed by atoms with E-state index in [1.807, 2.05) is 0 Å². The summed E-state index contributed by atoms with van der Waals surface area (Å²) in [6, 6.07) is 0. The zero-order valence-electron chi connectivity index (χ0n) is 6.91. The molecule has 0 aliphatic carbocycles. The van der Waals surface area contributed by atoms with Gasteiger partial charge >= 0.3 is 75.5 Å². The van der Waals surface area contributed by atoms with Crippen LogP contribution in [0.1, 0.15) is 5.71 Å². The minimum absolute atomic E-state index is 0. The molecule has 0 atom stereocenters. The van der Waals surface area contributed by atoms with Gasteiger partial charge in [-0.1, -0.05) is 0 Å². The summed E-state index contributed by atoms with van der Waals surface area (Å²) in [6.07, 6.45) is 0. The smallest absolute Gasteiger partial charge is 1.00 e. The van der Waals surface area contributed by atoms with Crippen LogP contribution in [0, 0.1) is 0 Å². The van der Waals surface area contributed by atoms with E-state index in [4.69, 9.17) is 0 Å². The van der Waals surface area contributed by atoms with Gasteiger partial charge in [-0.25, -0.2) is 0 Å². The molecular weight excluding hydrogens is 128 g/mol. The first-order valence-electron chi connectivity index (χ1n) is 0. The van der Waals surface area contributed by atoms with E-state index in [2.05, 4.69) is 0 Å². The molecule has 5 heteroatoms. The van der Waals surface area contributed by atoms with Gasteiger partial charge in [-0.2, -0.15) is 0 Å². The van der Waals surface area contributed by atoms with E-state index < -0.39 is 0 Å². The molecular formula is H10Ca2O3. The first-order chi connectivity index (χ1) is 0. The van der Waals surface area contributed by atoms with E-state index >= 15 is 0 Å². The summed E-state index contributed by atoms with van der Waals surface area (Å²) in [6.45, 7) is 0. The third kappa shape index (κ3) is 21.5. The molecule has 0 bridgehead atoms. The van der Waals surface area contributed by atoms with Crippen LogP contribution in [0.25, 0.3) is 0 Å². The molecule has 0 rings (SSSR count). The van der Waals surface area contributed by atoms with Crippen molar-refractivity contribution in [3.63, 3.8) is 0 Å². The molecule has 0 aliphatic rings. The fraction of sp³-hybridized carbons (Fsp3) is 0. The van der Waals surface area contributed by atoms with E-state index in [0.717, 1.165) is 0 Å². The SMILES string of the molecule is O.O.O.[Ca+2].[Ca+2].[H-].[H-].[H-].[H-]. The van der Waals surface area contributed by atoms with Crippen LogP contribution in [0.4, 0.5) is 0 Å². The van der Waals surface area contributed by atoms with Crippen LogP contribution in [0.15, 0.2) is 0 Å². The van der Waals surface area contributed by atoms with Crippen LogP contribution >= 0.6 is 0 Å². The fourth-order valence-electron chi connectivity index (χ4n) is 0. The third-order valence-corrected chi connectivity index (χ3v) is 0. The second-order valence-electron chi connectivity index (χ2n) is 0. The summed E-state index contributed by atoms with van der Waals surface area (Å²) in [5.74, 6) is 0. The monoisotopic (exact) mass is 138 g/mol. The Kier molecular flexibility index (Phi) is 341. The van der Waals surface area contributed by atoms with Gasteiger partial charge in [-0.05, 0) is 0 Å². The van der Waals surface area contributed by atoms with Crippen molar-refractivity contribution in [3.8, 4) is 0 Å². The Hall–Kier alpha value is 2.40. The van der Waals surface area contributed by atoms with E-state index in [0.29, 0.717) is 0 Å². The zero-order valence-corrected chi connectivity index (χ0v) is 7.33. The molecule has 32 valence electrons. The van der Waals surface area contributed by atoms with Crippen molar-refractivity contribution in [2.75, 3.05) is 0 Å². The Morgan fingerprint density at radius 1 is 0.600 bits per heavy atom. The topological polar surface area (TPSA) is 94.5 Å². The average Bonchev–Trinajstić information content (AvgIpc) is 0. The summed E-state index contributed by atoms with van der Waals surface area (Å²) >= 11 is 0. The van der Waals surface area contributed by atoms with Crippen LogP contribution in [-0.4, -0.2) is 91.9 Å². The Labute approximate surface area is 96.0 Å². The van der Waals surface area contributed by atoms with Crippen molar-refractivity contribution in [2.45, 2.75) is 0 Å². The van der Waals surface area contributed by atoms with Crippen molar-refractivity contribution in [2.24, 2.45) is 0 Å². The minimum atomic E-state index is 0. The first kappa shape index (κ1) is 52.6. The second kappa shape index (κ2) is 32.4. The maximum absolute atomic E-state index is 0. The van der Waals surface area contributed by atoms with Gasteiger partial charge in [0.05, 0.1) is 0 Å². The molecule has 0 aromatic rings. The standard InChI is InChI=1S/2Ca.3H2O.4H/h;;3*1H2;;;;/q2*+2;;;;4*-1. The normalized spacial score (nSPS) is 0. The van der Waals surface area contributed by atoms with Crippen LogP contribution < -0.4 is 0 Å². The van der Waals surface area contributed by atoms with Gasteiger partial charge in [0.15, 0.2) is 0 Å². The number of hydrogen-bond acceptors (Lipinski definition) is 0. The molecule has 0 radical (unpaired) electrons. The largest absolute Gasteiger partial charge is 2.00 e. The van der Waals surface area contributed by atoms with Crippen molar-refractivity contribution in [1.82, 2.24) is 0 Å². The van der Waals surface area contributed by atoms with Crippen LogP contribution in [0.2, 0.25) is 0 Å². The van der Waals surface area contributed by atoms with Gasteiger partial charge in [0.1, 0.15) is 0 Å². The maximum Gasteiger partial charge on any atom is 2.00 e. The second-order valence-corrected chi connectivity index (χ2v) is 0. The molecule has 0 saturated heterocycles. The summed E-state index contributed by atoms with van der Waals surface area (Å²) in [7, 11) is 0. The molecule has 0 spiro atoms. The molecule has 5 heavy (non-hydrogen) atoms. The molecule has 3 nitrogen and oxygen atoms in total. The van der Waals surface area contributed by atoms with E-state index in [1.54, 1.807) is 0 Å². The molecule has 6 N–H and O–H groups in total. The average molecular weight is 138 g/mol. The van der Waals surface area contributed by atoms with Crippen molar-refractivity contribution in [1.29, 1.82) is 0 Å². The predicted octanol–water partition coefficient (Wildman–Crippen LogP) is -2.79. The van der Waals surface area contributed by atoms with E-state index in [-0.39, 0.29) is 97.6 Å². The van der Waals surface area contributed by atoms with Crippen LogP contribution in [-0.2, 0) is 0 Å². The van der Waals surface area contributed by atoms with Crippen molar-refractivity contribution < 1.29 is 22.1 Å². The van der Waals surface area contributed by atoms with Gasteiger partial charge < -0.3 is 22.1 Å². The molecule has 0 unspecified atom stereocenters. The summed E-state index contributed by atoms with van der Waals surface area (Å²) in [4.78, 5) is 0. The number of rotatable bonds is 0. The molecule has 0 fully saturated rings. The molecule has 0 aromatic carbocycles. The van der Waals surface area contributed by atoms with Gasteiger partial charge in [-0.15, -0.1) is 0 Å². The predicted molar refractivity (Wildman–Crippen MR) is 26.8 cm³/mol. The molecule has 0 aromatic heterocycles. The fourth-order valence-corrected chi connectivity index (χ4v) is 0. The quantitative estimate of drug-likeness (QED) is 0.324. The van der Waals surface area contributed by atoms with Crippen molar-refractivity contribution >= 4 is 75.5 Å². The van der Waals surface area contributed by atoms with Gasteiger partial charge in [-0.3, -0.25) is 0 Å².